The number of aromatic nitrogens is 2. The van der Waals surface area contributed by atoms with E-state index in [0.717, 1.165) is 11.3 Å². The summed E-state index contributed by atoms with van der Waals surface area (Å²) in [5.41, 5.74) is 1.98. The third-order valence-corrected chi connectivity index (χ3v) is 3.26. The van der Waals surface area contributed by atoms with Crippen LogP contribution in [0.25, 0.3) is 0 Å². The predicted molar refractivity (Wildman–Crippen MR) is 84.9 cm³/mol. The van der Waals surface area contributed by atoms with E-state index in [1.54, 1.807) is 18.3 Å². The molecule has 0 fully saturated rings. The van der Waals surface area contributed by atoms with Gasteiger partial charge in [-0.3, -0.25) is 4.79 Å². The van der Waals surface area contributed by atoms with Crippen molar-refractivity contribution in [1.82, 2.24) is 9.97 Å². The number of hydrogen-bond donors (Lipinski definition) is 1. The molecule has 0 unspecified atom stereocenters. The fraction of sp³-hybridized carbons (Fsp3) is 0.312. The average molecular weight is 304 g/mol. The second kappa shape index (κ2) is 5.82. The molecule has 2 rings (SSSR count). The highest BCUT2D eigenvalue weighted by Crippen LogP contribution is 2.24. The maximum absolute atomic E-state index is 12.4. The number of nitrogens with one attached hydrogen (secondary N) is 1. The second-order valence-corrected chi connectivity index (χ2v) is 6.32. The Morgan fingerprint density at radius 1 is 1.29 bits per heavy atom. The van der Waals surface area contributed by atoms with Crippen LogP contribution in [0.2, 0.25) is 5.15 Å². The molecule has 0 bridgehead atoms. The van der Waals surface area contributed by atoms with Gasteiger partial charge in [0.1, 0.15) is 11.0 Å². The predicted octanol–water partition coefficient (Wildman–Crippen LogP) is 3.99. The van der Waals surface area contributed by atoms with E-state index < -0.39 is 0 Å². The first-order valence-corrected chi connectivity index (χ1v) is 7.06. The SMILES string of the molecule is Cc1cccnc1NC(=O)c1cc(Cl)nc(C(C)(C)C)c1. The van der Waals surface area contributed by atoms with Crippen LogP contribution >= 0.6 is 11.6 Å². The van der Waals surface area contributed by atoms with E-state index >= 15 is 0 Å². The van der Waals surface area contributed by atoms with Gasteiger partial charge in [-0.2, -0.15) is 0 Å². The van der Waals surface area contributed by atoms with Gasteiger partial charge in [-0.1, -0.05) is 38.4 Å². The van der Waals surface area contributed by atoms with E-state index in [2.05, 4.69) is 15.3 Å². The van der Waals surface area contributed by atoms with Crippen LogP contribution in [0.15, 0.2) is 30.5 Å². The average Bonchev–Trinajstić information content (AvgIpc) is 2.39. The number of aryl methyl sites for hydroxylation is 1. The molecule has 0 aliphatic heterocycles. The Morgan fingerprint density at radius 3 is 2.62 bits per heavy atom. The van der Waals surface area contributed by atoms with Crippen molar-refractivity contribution in [2.24, 2.45) is 0 Å². The van der Waals surface area contributed by atoms with Crippen LogP contribution in [0.5, 0.6) is 0 Å². The molecule has 2 heterocycles. The van der Waals surface area contributed by atoms with Crippen molar-refractivity contribution >= 4 is 23.3 Å². The maximum Gasteiger partial charge on any atom is 0.256 e. The maximum atomic E-state index is 12.4. The topological polar surface area (TPSA) is 54.9 Å². The minimum absolute atomic E-state index is 0.180. The molecule has 2 aromatic rings. The number of hydrogen-bond acceptors (Lipinski definition) is 3. The molecule has 0 aliphatic carbocycles. The second-order valence-electron chi connectivity index (χ2n) is 5.94. The van der Waals surface area contributed by atoms with Crippen LogP contribution in [0, 0.1) is 6.92 Å². The molecule has 0 saturated carbocycles. The summed E-state index contributed by atoms with van der Waals surface area (Å²) >= 11 is 6.03. The minimum Gasteiger partial charge on any atom is -0.306 e. The van der Waals surface area contributed by atoms with Gasteiger partial charge in [0.25, 0.3) is 5.91 Å². The Kier molecular flexibility index (Phi) is 4.28. The number of carbonyl (C=O) groups excluding carboxylic acids is 1. The highest BCUT2D eigenvalue weighted by atomic mass is 35.5. The van der Waals surface area contributed by atoms with Crippen LogP contribution in [0.3, 0.4) is 0 Å². The quantitative estimate of drug-likeness (QED) is 0.854. The molecule has 5 heteroatoms. The zero-order valence-electron chi connectivity index (χ0n) is 12.6. The molecule has 0 aromatic carbocycles. The molecule has 21 heavy (non-hydrogen) atoms. The lowest BCUT2D eigenvalue weighted by molar-refractivity contribution is 0.102. The molecule has 1 amide bonds. The molecule has 2 aromatic heterocycles. The van der Waals surface area contributed by atoms with Crippen molar-refractivity contribution in [2.45, 2.75) is 33.1 Å². The molecule has 0 spiro atoms. The third kappa shape index (κ3) is 3.79. The minimum atomic E-state index is -0.244. The van der Waals surface area contributed by atoms with E-state index in [4.69, 9.17) is 11.6 Å². The number of anilines is 1. The number of rotatable bonds is 2. The summed E-state index contributed by atoms with van der Waals surface area (Å²) in [5.74, 6) is 0.305. The van der Waals surface area contributed by atoms with Gasteiger partial charge in [-0.05, 0) is 30.7 Å². The van der Waals surface area contributed by atoms with Crippen molar-refractivity contribution in [1.29, 1.82) is 0 Å². The van der Waals surface area contributed by atoms with Gasteiger partial charge in [0.2, 0.25) is 0 Å². The third-order valence-electron chi connectivity index (χ3n) is 3.07. The Labute approximate surface area is 129 Å². The lowest BCUT2D eigenvalue weighted by Gasteiger charge is -2.18. The monoisotopic (exact) mass is 303 g/mol. The van der Waals surface area contributed by atoms with Crippen molar-refractivity contribution in [3.8, 4) is 0 Å². The molecular weight excluding hydrogens is 286 g/mol. The Morgan fingerprint density at radius 2 is 2.00 bits per heavy atom. The molecule has 110 valence electrons. The number of carbonyl (C=O) groups is 1. The summed E-state index contributed by atoms with van der Waals surface area (Å²) in [4.78, 5) is 20.8. The van der Waals surface area contributed by atoms with Crippen molar-refractivity contribution in [3.05, 3.63) is 52.4 Å². The van der Waals surface area contributed by atoms with Crippen LogP contribution in [-0.2, 0) is 5.41 Å². The molecular formula is C16H18ClN3O. The fourth-order valence-corrected chi connectivity index (χ4v) is 2.02. The molecule has 1 N–H and O–H groups in total. The smallest absolute Gasteiger partial charge is 0.256 e. The first-order valence-electron chi connectivity index (χ1n) is 6.68. The standard InChI is InChI=1S/C16H18ClN3O/c1-10-6-5-7-18-14(10)20-15(21)11-8-12(16(2,3)4)19-13(17)9-11/h5-9H,1-4H3,(H,18,20,21). The number of amides is 1. The van der Waals surface area contributed by atoms with E-state index in [1.807, 2.05) is 39.8 Å². The van der Waals surface area contributed by atoms with Crippen LogP contribution in [-0.4, -0.2) is 15.9 Å². The van der Waals surface area contributed by atoms with Gasteiger partial charge in [-0.15, -0.1) is 0 Å². The summed E-state index contributed by atoms with van der Waals surface area (Å²) in [6, 6.07) is 7.04. The summed E-state index contributed by atoms with van der Waals surface area (Å²) in [5, 5.41) is 3.11. The number of halogens is 1. The highest BCUT2D eigenvalue weighted by molar-refractivity contribution is 6.29. The van der Waals surface area contributed by atoms with Crippen molar-refractivity contribution in [2.75, 3.05) is 5.32 Å². The zero-order valence-corrected chi connectivity index (χ0v) is 13.3. The lowest BCUT2D eigenvalue weighted by atomic mass is 9.91. The Hall–Kier alpha value is -1.94. The van der Waals surface area contributed by atoms with E-state index in [1.165, 1.54) is 0 Å². The van der Waals surface area contributed by atoms with E-state index in [-0.39, 0.29) is 11.3 Å². The highest BCUT2D eigenvalue weighted by Gasteiger charge is 2.19. The van der Waals surface area contributed by atoms with Gasteiger partial charge in [0, 0.05) is 22.9 Å². The first kappa shape index (κ1) is 15.4. The molecule has 0 atom stereocenters. The van der Waals surface area contributed by atoms with Crippen molar-refractivity contribution in [3.63, 3.8) is 0 Å². The first-order chi connectivity index (χ1) is 9.77. The van der Waals surface area contributed by atoms with Crippen LogP contribution in [0.4, 0.5) is 5.82 Å². The van der Waals surface area contributed by atoms with E-state index in [9.17, 15) is 4.79 Å². The normalized spacial score (nSPS) is 11.3. The van der Waals surface area contributed by atoms with E-state index in [0.29, 0.717) is 16.5 Å². The Bertz CT molecular complexity index is 677. The van der Waals surface area contributed by atoms with Gasteiger partial charge < -0.3 is 5.32 Å². The summed E-state index contributed by atoms with van der Waals surface area (Å²) in [7, 11) is 0. The fourth-order valence-electron chi connectivity index (χ4n) is 1.81. The summed E-state index contributed by atoms with van der Waals surface area (Å²) in [6.07, 6.45) is 1.64. The lowest BCUT2D eigenvalue weighted by Crippen LogP contribution is -2.18. The summed E-state index contributed by atoms with van der Waals surface area (Å²) < 4.78 is 0. The molecule has 4 nitrogen and oxygen atoms in total. The largest absolute Gasteiger partial charge is 0.306 e. The van der Waals surface area contributed by atoms with Gasteiger partial charge >= 0.3 is 0 Å². The van der Waals surface area contributed by atoms with Crippen molar-refractivity contribution < 1.29 is 4.79 Å². The zero-order chi connectivity index (χ0) is 15.6. The van der Waals surface area contributed by atoms with Gasteiger partial charge in [-0.25, -0.2) is 9.97 Å². The molecule has 0 radical (unpaired) electrons. The summed E-state index contributed by atoms with van der Waals surface area (Å²) in [6.45, 7) is 7.96. The molecule has 0 saturated heterocycles. The van der Waals surface area contributed by atoms with Crippen LogP contribution in [0.1, 0.15) is 42.4 Å². The Balaban J connectivity index is 2.32. The van der Waals surface area contributed by atoms with Crippen LogP contribution < -0.4 is 5.32 Å². The number of pyridine rings is 2. The molecule has 0 aliphatic rings. The van der Waals surface area contributed by atoms with Gasteiger partial charge in [0.05, 0.1) is 0 Å². The van der Waals surface area contributed by atoms with Gasteiger partial charge in [0.15, 0.2) is 0 Å². The number of nitrogens with zero attached hydrogens (tertiary/aromatic N) is 2.